The van der Waals surface area contributed by atoms with Crippen LogP contribution in [0.1, 0.15) is 59.3 Å². The minimum Gasteiger partial charge on any atom is -0.481 e. The number of carboxylic acid groups (broad SMARTS) is 1. The summed E-state index contributed by atoms with van der Waals surface area (Å²) in [6, 6.07) is 0. The maximum atomic E-state index is 11.8. The lowest BCUT2D eigenvalue weighted by Gasteiger charge is -2.30. The number of hydrogen-bond acceptors (Lipinski definition) is 4. The molecule has 3 N–H and O–H groups in total. The van der Waals surface area contributed by atoms with Crippen LogP contribution in [0.5, 0.6) is 0 Å². The molecule has 0 spiro atoms. The van der Waals surface area contributed by atoms with Crippen LogP contribution in [0.15, 0.2) is 0 Å². The minimum atomic E-state index is -0.910. The number of aliphatic hydroxyl groups is 1. The van der Waals surface area contributed by atoms with Gasteiger partial charge in [-0.3, -0.25) is 4.79 Å². The van der Waals surface area contributed by atoms with Gasteiger partial charge in [0, 0.05) is 13.2 Å². The number of ether oxygens (including phenoxy) is 1. The standard InChI is InChI=1S/C16H29NO5/c1-15(2,3)22-14(21)17-11-16(13(19)20,12-7-8-12)9-5-4-6-10-18/h12,18H,4-11H2,1-3H3,(H,17,21)(H,19,20). The summed E-state index contributed by atoms with van der Waals surface area (Å²) in [5.74, 6) is -0.732. The summed E-state index contributed by atoms with van der Waals surface area (Å²) in [4.78, 5) is 23.6. The molecule has 0 aromatic carbocycles. The third-order valence-corrected chi connectivity index (χ3v) is 4.01. The number of amides is 1. The van der Waals surface area contributed by atoms with E-state index in [1.807, 2.05) is 0 Å². The predicted molar refractivity (Wildman–Crippen MR) is 82.6 cm³/mol. The van der Waals surface area contributed by atoms with Crippen molar-refractivity contribution in [1.29, 1.82) is 0 Å². The second-order valence-electron chi connectivity index (χ2n) is 7.13. The summed E-state index contributed by atoms with van der Waals surface area (Å²) in [5.41, 5.74) is -1.51. The Kier molecular flexibility index (Phi) is 6.66. The fourth-order valence-electron chi connectivity index (χ4n) is 2.70. The zero-order valence-electron chi connectivity index (χ0n) is 13.9. The molecule has 22 heavy (non-hydrogen) atoms. The van der Waals surface area contributed by atoms with Crippen molar-refractivity contribution in [3.05, 3.63) is 0 Å². The van der Waals surface area contributed by atoms with Crippen molar-refractivity contribution in [2.45, 2.75) is 64.9 Å². The van der Waals surface area contributed by atoms with E-state index in [4.69, 9.17) is 9.84 Å². The van der Waals surface area contributed by atoms with Gasteiger partial charge in [-0.05, 0) is 52.4 Å². The smallest absolute Gasteiger partial charge is 0.407 e. The lowest BCUT2D eigenvalue weighted by molar-refractivity contribution is -0.150. The number of aliphatic hydroxyl groups excluding tert-OH is 1. The molecular weight excluding hydrogens is 286 g/mol. The zero-order chi connectivity index (χ0) is 16.8. The van der Waals surface area contributed by atoms with Crippen LogP contribution in [-0.2, 0) is 9.53 Å². The van der Waals surface area contributed by atoms with Crippen LogP contribution in [0.4, 0.5) is 4.79 Å². The van der Waals surface area contributed by atoms with E-state index in [9.17, 15) is 14.7 Å². The normalized spacial score (nSPS) is 17.6. The van der Waals surface area contributed by atoms with Crippen molar-refractivity contribution in [2.75, 3.05) is 13.2 Å². The number of unbranched alkanes of at least 4 members (excludes halogenated alkanes) is 2. The number of carbonyl (C=O) groups is 2. The monoisotopic (exact) mass is 315 g/mol. The first-order valence-electron chi connectivity index (χ1n) is 8.02. The average Bonchev–Trinajstić information content (AvgIpc) is 3.20. The molecule has 0 radical (unpaired) electrons. The van der Waals surface area contributed by atoms with Crippen molar-refractivity contribution in [3.63, 3.8) is 0 Å². The van der Waals surface area contributed by atoms with E-state index in [0.717, 1.165) is 25.7 Å². The summed E-state index contributed by atoms with van der Waals surface area (Å²) in [6.45, 7) is 5.53. The Balaban J connectivity index is 2.62. The third kappa shape index (κ3) is 5.83. The second kappa shape index (κ2) is 7.81. The Morgan fingerprint density at radius 3 is 2.27 bits per heavy atom. The number of carbonyl (C=O) groups excluding carboxylic acids is 1. The Morgan fingerprint density at radius 2 is 1.82 bits per heavy atom. The van der Waals surface area contributed by atoms with E-state index < -0.39 is 23.1 Å². The van der Waals surface area contributed by atoms with Gasteiger partial charge in [0.1, 0.15) is 5.60 Å². The second-order valence-corrected chi connectivity index (χ2v) is 7.13. The molecule has 1 atom stereocenters. The Bertz CT molecular complexity index is 386. The van der Waals surface area contributed by atoms with E-state index in [0.29, 0.717) is 12.8 Å². The molecule has 1 rings (SSSR count). The van der Waals surface area contributed by atoms with Gasteiger partial charge in [-0.25, -0.2) is 4.79 Å². The lowest BCUT2D eigenvalue weighted by atomic mass is 9.77. The Labute approximate surface area is 132 Å². The highest BCUT2D eigenvalue weighted by atomic mass is 16.6. The van der Waals surface area contributed by atoms with E-state index in [1.165, 1.54) is 0 Å². The van der Waals surface area contributed by atoms with Crippen molar-refractivity contribution >= 4 is 12.1 Å². The number of hydrogen-bond donors (Lipinski definition) is 3. The molecule has 1 aliphatic carbocycles. The first-order chi connectivity index (χ1) is 10.2. The van der Waals surface area contributed by atoms with Crippen LogP contribution in [0.25, 0.3) is 0 Å². The summed E-state index contributed by atoms with van der Waals surface area (Å²) in [5, 5.41) is 21.1. The molecule has 1 aliphatic rings. The van der Waals surface area contributed by atoms with Crippen LogP contribution in [-0.4, -0.2) is 41.0 Å². The van der Waals surface area contributed by atoms with Crippen molar-refractivity contribution < 1.29 is 24.5 Å². The fourth-order valence-corrected chi connectivity index (χ4v) is 2.70. The molecule has 0 heterocycles. The quantitative estimate of drug-likeness (QED) is 0.568. The highest BCUT2D eigenvalue weighted by molar-refractivity contribution is 5.77. The summed E-state index contributed by atoms with van der Waals surface area (Å²) < 4.78 is 5.18. The topological polar surface area (TPSA) is 95.9 Å². The van der Waals surface area contributed by atoms with Gasteiger partial charge in [0.25, 0.3) is 0 Å². The molecule has 1 fully saturated rings. The van der Waals surface area contributed by atoms with Gasteiger partial charge in [0.05, 0.1) is 5.41 Å². The lowest BCUT2D eigenvalue weighted by Crippen LogP contribution is -2.46. The van der Waals surface area contributed by atoms with Crippen LogP contribution in [0.2, 0.25) is 0 Å². The van der Waals surface area contributed by atoms with Gasteiger partial charge in [0.15, 0.2) is 0 Å². The molecule has 0 aromatic rings. The number of alkyl carbamates (subject to hydrolysis) is 1. The SMILES string of the molecule is CC(C)(C)OC(=O)NCC(CCCCCO)(C(=O)O)C1CC1. The molecule has 0 bridgehead atoms. The number of carboxylic acids is 1. The number of rotatable bonds is 9. The molecule has 128 valence electrons. The zero-order valence-corrected chi connectivity index (χ0v) is 13.9. The van der Waals surface area contributed by atoms with Gasteiger partial charge >= 0.3 is 12.1 Å². The van der Waals surface area contributed by atoms with Crippen molar-refractivity contribution in [3.8, 4) is 0 Å². The summed E-state index contributed by atoms with van der Waals surface area (Å²) >= 11 is 0. The molecule has 6 heteroatoms. The highest BCUT2D eigenvalue weighted by Crippen LogP contribution is 2.48. The van der Waals surface area contributed by atoms with Gasteiger partial charge in [0.2, 0.25) is 0 Å². The molecule has 0 aliphatic heterocycles. The first-order valence-corrected chi connectivity index (χ1v) is 8.02. The minimum absolute atomic E-state index is 0.0983. The van der Waals surface area contributed by atoms with Gasteiger partial charge in [-0.2, -0.15) is 0 Å². The van der Waals surface area contributed by atoms with E-state index in [1.54, 1.807) is 20.8 Å². The van der Waals surface area contributed by atoms with Gasteiger partial charge in [-0.1, -0.05) is 12.8 Å². The number of aliphatic carboxylic acids is 1. The molecule has 0 aromatic heterocycles. The summed E-state index contributed by atoms with van der Waals surface area (Å²) in [6.07, 6.45) is 3.94. The Morgan fingerprint density at radius 1 is 1.18 bits per heavy atom. The molecule has 1 saturated carbocycles. The summed E-state index contributed by atoms with van der Waals surface area (Å²) in [7, 11) is 0. The fraction of sp³-hybridized carbons (Fsp3) is 0.875. The first kappa shape index (κ1) is 18.7. The maximum absolute atomic E-state index is 11.8. The van der Waals surface area contributed by atoms with Crippen LogP contribution < -0.4 is 5.32 Å². The number of nitrogens with one attached hydrogen (secondary N) is 1. The highest BCUT2D eigenvalue weighted by Gasteiger charge is 2.50. The van der Waals surface area contributed by atoms with Crippen LogP contribution in [0, 0.1) is 11.3 Å². The molecule has 1 unspecified atom stereocenters. The Hall–Kier alpha value is -1.30. The molecule has 6 nitrogen and oxygen atoms in total. The van der Waals surface area contributed by atoms with Crippen LogP contribution in [0.3, 0.4) is 0 Å². The van der Waals surface area contributed by atoms with Crippen LogP contribution >= 0.6 is 0 Å². The van der Waals surface area contributed by atoms with E-state index in [2.05, 4.69) is 5.32 Å². The molecular formula is C16H29NO5. The third-order valence-electron chi connectivity index (χ3n) is 4.01. The predicted octanol–water partition coefficient (Wildman–Crippen LogP) is 2.54. The van der Waals surface area contributed by atoms with E-state index >= 15 is 0 Å². The average molecular weight is 315 g/mol. The van der Waals surface area contributed by atoms with Gasteiger partial charge < -0.3 is 20.3 Å². The molecule has 0 saturated heterocycles. The maximum Gasteiger partial charge on any atom is 0.407 e. The molecule has 1 amide bonds. The van der Waals surface area contributed by atoms with Gasteiger partial charge in [-0.15, -0.1) is 0 Å². The van der Waals surface area contributed by atoms with E-state index in [-0.39, 0.29) is 19.1 Å². The van der Waals surface area contributed by atoms with Crippen molar-refractivity contribution in [1.82, 2.24) is 5.32 Å². The van der Waals surface area contributed by atoms with Crippen molar-refractivity contribution in [2.24, 2.45) is 11.3 Å². The largest absolute Gasteiger partial charge is 0.481 e.